The summed E-state index contributed by atoms with van der Waals surface area (Å²) >= 11 is 0. The fourth-order valence-electron chi connectivity index (χ4n) is 2.41. The van der Waals surface area contributed by atoms with Crippen molar-refractivity contribution in [1.29, 1.82) is 0 Å². The highest BCUT2D eigenvalue weighted by Crippen LogP contribution is 2.18. The van der Waals surface area contributed by atoms with Crippen molar-refractivity contribution in [3.63, 3.8) is 0 Å². The summed E-state index contributed by atoms with van der Waals surface area (Å²) in [5.74, 6) is -1.02. The Balaban J connectivity index is 1.91. The number of carboxylic acids is 1. The van der Waals surface area contributed by atoms with E-state index in [-0.39, 0.29) is 12.3 Å². The lowest BCUT2D eigenvalue weighted by molar-refractivity contribution is -0.147. The first-order valence-electron chi connectivity index (χ1n) is 6.83. The molecule has 1 N–H and O–H groups in total. The van der Waals surface area contributed by atoms with Gasteiger partial charge < -0.3 is 10.0 Å². The molecule has 2 rings (SSSR count). The second-order valence-electron chi connectivity index (χ2n) is 5.10. The largest absolute Gasteiger partial charge is 0.480 e. The number of aliphatic carboxylic acids is 1. The van der Waals surface area contributed by atoms with E-state index in [2.05, 4.69) is 0 Å². The van der Waals surface area contributed by atoms with Gasteiger partial charge in [-0.25, -0.2) is 4.79 Å². The van der Waals surface area contributed by atoms with Crippen LogP contribution < -0.4 is 0 Å². The number of hydrogen-bond acceptors (Lipinski definition) is 2. The topological polar surface area (TPSA) is 57.6 Å². The lowest BCUT2D eigenvalue weighted by atomic mass is 10.1. The number of hydrogen-bond donors (Lipinski definition) is 1. The summed E-state index contributed by atoms with van der Waals surface area (Å²) in [7, 11) is 0. The van der Waals surface area contributed by atoms with Gasteiger partial charge in [-0.1, -0.05) is 42.0 Å². The van der Waals surface area contributed by atoms with Gasteiger partial charge in [-0.15, -0.1) is 0 Å². The standard InChI is InChI=1S/C16H19NO3/c1-12-7-9-13(10-8-12)4-2-6-15(18)17-11-3-5-14(17)16(19)20/h2,4,7-10,14H,3,5-6,11H2,1H3,(H,19,20)/b4-2+/t14-/m0/s1. The summed E-state index contributed by atoms with van der Waals surface area (Å²) in [6.07, 6.45) is 5.26. The van der Waals surface area contributed by atoms with Crippen molar-refractivity contribution in [2.75, 3.05) is 6.54 Å². The second kappa shape index (κ2) is 6.37. The van der Waals surface area contributed by atoms with Crippen molar-refractivity contribution in [2.24, 2.45) is 0 Å². The van der Waals surface area contributed by atoms with E-state index < -0.39 is 12.0 Å². The molecule has 106 valence electrons. The SMILES string of the molecule is Cc1ccc(/C=C/CC(=O)N2CCC[C@H]2C(=O)O)cc1. The third-order valence-electron chi connectivity index (χ3n) is 3.54. The molecule has 0 aromatic heterocycles. The van der Waals surface area contributed by atoms with Crippen molar-refractivity contribution in [1.82, 2.24) is 4.90 Å². The Morgan fingerprint density at radius 1 is 1.35 bits per heavy atom. The molecule has 0 saturated carbocycles. The fourth-order valence-corrected chi connectivity index (χ4v) is 2.41. The molecular weight excluding hydrogens is 254 g/mol. The Morgan fingerprint density at radius 3 is 2.70 bits per heavy atom. The van der Waals surface area contributed by atoms with Crippen LogP contribution in [-0.2, 0) is 9.59 Å². The van der Waals surface area contributed by atoms with Gasteiger partial charge in [-0.3, -0.25) is 4.79 Å². The minimum absolute atomic E-state index is 0.113. The van der Waals surface area contributed by atoms with Crippen molar-refractivity contribution in [3.8, 4) is 0 Å². The quantitative estimate of drug-likeness (QED) is 0.916. The molecule has 1 aliphatic rings. The van der Waals surface area contributed by atoms with Gasteiger partial charge in [0.25, 0.3) is 0 Å². The van der Waals surface area contributed by atoms with Crippen molar-refractivity contribution in [3.05, 3.63) is 41.5 Å². The number of carbonyl (C=O) groups is 2. The summed E-state index contributed by atoms with van der Waals surface area (Å²) in [6, 6.07) is 7.37. The van der Waals surface area contributed by atoms with E-state index in [1.165, 1.54) is 10.5 Å². The molecule has 20 heavy (non-hydrogen) atoms. The number of likely N-dealkylation sites (tertiary alicyclic amines) is 1. The minimum Gasteiger partial charge on any atom is -0.480 e. The van der Waals surface area contributed by atoms with E-state index in [9.17, 15) is 9.59 Å². The molecule has 0 bridgehead atoms. The summed E-state index contributed by atoms with van der Waals surface area (Å²) in [5.41, 5.74) is 2.24. The molecule has 1 heterocycles. The van der Waals surface area contributed by atoms with Crippen LogP contribution in [0, 0.1) is 6.92 Å². The minimum atomic E-state index is -0.904. The maximum atomic E-state index is 12.0. The van der Waals surface area contributed by atoms with Gasteiger partial charge in [0.15, 0.2) is 0 Å². The zero-order valence-electron chi connectivity index (χ0n) is 11.6. The zero-order chi connectivity index (χ0) is 14.5. The molecule has 0 unspecified atom stereocenters. The van der Waals surface area contributed by atoms with Gasteiger partial charge >= 0.3 is 5.97 Å². The van der Waals surface area contributed by atoms with E-state index in [4.69, 9.17) is 5.11 Å². The molecule has 1 aromatic rings. The monoisotopic (exact) mass is 273 g/mol. The molecule has 4 nitrogen and oxygen atoms in total. The molecule has 1 fully saturated rings. The van der Waals surface area contributed by atoms with Crippen LogP contribution in [0.15, 0.2) is 30.3 Å². The molecule has 1 atom stereocenters. The van der Waals surface area contributed by atoms with Crippen LogP contribution in [-0.4, -0.2) is 34.5 Å². The smallest absolute Gasteiger partial charge is 0.326 e. The Kier molecular flexibility index (Phi) is 4.56. The maximum Gasteiger partial charge on any atom is 0.326 e. The van der Waals surface area contributed by atoms with Crippen LogP contribution in [0.4, 0.5) is 0 Å². The third kappa shape index (κ3) is 3.47. The number of carboxylic acid groups (broad SMARTS) is 1. The molecule has 1 amide bonds. The van der Waals surface area contributed by atoms with Gasteiger partial charge in [0.05, 0.1) is 0 Å². The van der Waals surface area contributed by atoms with Crippen molar-refractivity contribution < 1.29 is 14.7 Å². The second-order valence-corrected chi connectivity index (χ2v) is 5.10. The van der Waals surface area contributed by atoms with Crippen LogP contribution in [0.1, 0.15) is 30.4 Å². The Labute approximate surface area is 118 Å². The maximum absolute atomic E-state index is 12.0. The van der Waals surface area contributed by atoms with Crippen LogP contribution in [0.2, 0.25) is 0 Å². The number of amides is 1. The van der Waals surface area contributed by atoms with Gasteiger partial charge in [-0.2, -0.15) is 0 Å². The average Bonchev–Trinajstić information content (AvgIpc) is 2.90. The number of nitrogens with zero attached hydrogens (tertiary/aromatic N) is 1. The number of benzene rings is 1. The van der Waals surface area contributed by atoms with Gasteiger partial charge in [-0.05, 0) is 25.3 Å². The first-order chi connectivity index (χ1) is 9.58. The predicted octanol–water partition coefficient (Wildman–Crippen LogP) is 2.47. The van der Waals surface area contributed by atoms with Crippen molar-refractivity contribution in [2.45, 2.75) is 32.2 Å². The van der Waals surface area contributed by atoms with Crippen LogP contribution >= 0.6 is 0 Å². The van der Waals surface area contributed by atoms with E-state index in [1.54, 1.807) is 6.08 Å². The third-order valence-corrected chi connectivity index (χ3v) is 3.54. The van der Waals surface area contributed by atoms with Gasteiger partial charge in [0.1, 0.15) is 6.04 Å². The molecule has 1 aromatic carbocycles. The molecule has 0 spiro atoms. The predicted molar refractivity (Wildman–Crippen MR) is 77.2 cm³/mol. The number of carbonyl (C=O) groups excluding carboxylic acids is 1. The lowest BCUT2D eigenvalue weighted by Gasteiger charge is -2.20. The van der Waals surface area contributed by atoms with Crippen LogP contribution in [0.5, 0.6) is 0 Å². The molecule has 1 saturated heterocycles. The normalized spacial score (nSPS) is 18.6. The van der Waals surface area contributed by atoms with Gasteiger partial charge in [0, 0.05) is 13.0 Å². The average molecular weight is 273 g/mol. The highest BCUT2D eigenvalue weighted by Gasteiger charge is 2.33. The van der Waals surface area contributed by atoms with E-state index in [1.807, 2.05) is 37.3 Å². The van der Waals surface area contributed by atoms with Gasteiger partial charge in [0.2, 0.25) is 5.91 Å². The molecule has 0 aliphatic carbocycles. The van der Waals surface area contributed by atoms with Crippen LogP contribution in [0.3, 0.4) is 0 Å². The molecule has 1 aliphatic heterocycles. The number of rotatable bonds is 4. The first kappa shape index (κ1) is 14.3. The molecule has 4 heteroatoms. The Morgan fingerprint density at radius 2 is 2.05 bits per heavy atom. The van der Waals surface area contributed by atoms with E-state index in [0.717, 1.165) is 12.0 Å². The summed E-state index contributed by atoms with van der Waals surface area (Å²) < 4.78 is 0. The van der Waals surface area contributed by atoms with E-state index >= 15 is 0 Å². The first-order valence-corrected chi connectivity index (χ1v) is 6.83. The lowest BCUT2D eigenvalue weighted by Crippen LogP contribution is -2.40. The molecule has 0 radical (unpaired) electrons. The molecular formula is C16H19NO3. The Hall–Kier alpha value is -2.10. The van der Waals surface area contributed by atoms with Crippen LogP contribution in [0.25, 0.3) is 6.08 Å². The Bertz CT molecular complexity index is 519. The zero-order valence-corrected chi connectivity index (χ0v) is 11.6. The summed E-state index contributed by atoms with van der Waals surface area (Å²) in [4.78, 5) is 24.5. The van der Waals surface area contributed by atoms with E-state index in [0.29, 0.717) is 13.0 Å². The number of aryl methyl sites for hydroxylation is 1. The highest BCUT2D eigenvalue weighted by atomic mass is 16.4. The summed E-state index contributed by atoms with van der Waals surface area (Å²) in [6.45, 7) is 2.57. The highest BCUT2D eigenvalue weighted by molar-refractivity contribution is 5.85. The fraction of sp³-hybridized carbons (Fsp3) is 0.375. The summed E-state index contributed by atoms with van der Waals surface area (Å²) in [5, 5.41) is 9.05. The van der Waals surface area contributed by atoms with Crippen molar-refractivity contribution >= 4 is 18.0 Å².